The normalized spacial score (nSPS) is 20.9. The van der Waals surface area contributed by atoms with Crippen molar-refractivity contribution in [1.82, 2.24) is 10.4 Å². The van der Waals surface area contributed by atoms with Crippen LogP contribution in [0.5, 0.6) is 0 Å². The Morgan fingerprint density at radius 3 is 2.21 bits per heavy atom. The molecule has 0 atom stereocenters. The fourth-order valence-corrected chi connectivity index (χ4v) is 1.90. The molecule has 0 aliphatic carbocycles. The third-order valence-electron chi connectivity index (χ3n) is 2.92. The van der Waals surface area contributed by atoms with Crippen LogP contribution < -0.4 is 5.48 Å². The molecular formula is C10H20N2O2. The molecule has 0 unspecified atom stereocenters. The molecule has 4 heteroatoms. The van der Waals surface area contributed by atoms with E-state index in [1.54, 1.807) is 5.48 Å². The summed E-state index contributed by atoms with van der Waals surface area (Å²) in [5.41, 5.74) is 1.91. The van der Waals surface area contributed by atoms with Gasteiger partial charge in [-0.25, -0.2) is 5.48 Å². The van der Waals surface area contributed by atoms with E-state index in [-0.39, 0.29) is 17.4 Å². The molecule has 2 N–H and O–H groups in total. The average Bonchev–Trinajstić information content (AvgIpc) is 2.15. The van der Waals surface area contributed by atoms with Crippen LogP contribution >= 0.6 is 0 Å². The maximum absolute atomic E-state index is 11.1. The summed E-state index contributed by atoms with van der Waals surface area (Å²) in [5, 5.41) is 8.50. The van der Waals surface area contributed by atoms with Crippen molar-refractivity contribution in [3.05, 3.63) is 0 Å². The van der Waals surface area contributed by atoms with Crippen LogP contribution in [0.2, 0.25) is 0 Å². The maximum atomic E-state index is 11.1. The zero-order valence-corrected chi connectivity index (χ0v) is 9.21. The number of nitrogens with one attached hydrogen (secondary N) is 1. The van der Waals surface area contributed by atoms with E-state index >= 15 is 0 Å². The van der Waals surface area contributed by atoms with E-state index in [2.05, 4.69) is 25.7 Å². The van der Waals surface area contributed by atoms with Crippen molar-refractivity contribution >= 4 is 5.91 Å². The summed E-state index contributed by atoms with van der Waals surface area (Å²) in [6.07, 6.45) is 1.67. The Balaban J connectivity index is 2.43. The zero-order chi connectivity index (χ0) is 10.8. The molecule has 0 aromatic rings. The van der Waals surface area contributed by atoms with Crippen molar-refractivity contribution < 1.29 is 10.0 Å². The van der Waals surface area contributed by atoms with Crippen LogP contribution in [0.15, 0.2) is 0 Å². The highest BCUT2D eigenvalue weighted by molar-refractivity contribution is 5.77. The molecule has 0 aromatic heterocycles. The van der Waals surface area contributed by atoms with Gasteiger partial charge in [-0.05, 0) is 46.7 Å². The Bertz CT molecular complexity index is 203. The summed E-state index contributed by atoms with van der Waals surface area (Å²) in [5.74, 6) is -0.253. The number of nitrogens with zero attached hydrogens (tertiary/aromatic N) is 1. The van der Waals surface area contributed by atoms with Crippen LogP contribution in [0.1, 0.15) is 33.6 Å². The van der Waals surface area contributed by atoms with Gasteiger partial charge < -0.3 is 0 Å². The monoisotopic (exact) mass is 200 g/mol. The van der Waals surface area contributed by atoms with Gasteiger partial charge in [0.15, 0.2) is 0 Å². The largest absolute Gasteiger partial charge is 0.298 e. The number of amides is 1. The van der Waals surface area contributed by atoms with E-state index in [0.29, 0.717) is 0 Å². The van der Waals surface area contributed by atoms with Crippen LogP contribution in [-0.2, 0) is 4.79 Å². The lowest BCUT2D eigenvalue weighted by Crippen LogP contribution is -2.48. The van der Waals surface area contributed by atoms with Gasteiger partial charge in [-0.2, -0.15) is 0 Å². The van der Waals surface area contributed by atoms with Crippen molar-refractivity contribution in [2.75, 3.05) is 13.1 Å². The molecule has 1 fully saturated rings. The van der Waals surface area contributed by atoms with Crippen LogP contribution in [0.4, 0.5) is 0 Å². The Kier molecular flexibility index (Phi) is 3.50. The molecular weight excluding hydrogens is 180 g/mol. The molecule has 1 saturated heterocycles. The lowest BCUT2D eigenvalue weighted by molar-refractivity contribution is -0.135. The predicted octanol–water partition coefficient (Wildman–Crippen LogP) is 1.00. The number of carbonyl (C=O) groups excluding carboxylic acids is 1. The molecule has 82 valence electrons. The number of rotatable bonds is 1. The predicted molar refractivity (Wildman–Crippen MR) is 54.0 cm³/mol. The highest BCUT2D eigenvalue weighted by atomic mass is 16.5. The van der Waals surface area contributed by atoms with Gasteiger partial charge >= 0.3 is 0 Å². The van der Waals surface area contributed by atoms with Crippen molar-refractivity contribution in [2.45, 2.75) is 39.2 Å². The number of carbonyl (C=O) groups is 1. The van der Waals surface area contributed by atoms with Gasteiger partial charge in [0.25, 0.3) is 0 Å². The molecule has 0 aromatic carbocycles. The molecule has 1 aliphatic rings. The van der Waals surface area contributed by atoms with E-state index in [0.717, 1.165) is 25.9 Å². The third-order valence-corrected chi connectivity index (χ3v) is 2.92. The molecule has 0 spiro atoms. The van der Waals surface area contributed by atoms with Crippen molar-refractivity contribution in [3.63, 3.8) is 0 Å². The molecule has 1 heterocycles. The quantitative estimate of drug-likeness (QED) is 0.490. The van der Waals surface area contributed by atoms with Gasteiger partial charge in [0.05, 0.1) is 0 Å². The van der Waals surface area contributed by atoms with Gasteiger partial charge in [0, 0.05) is 11.5 Å². The fourth-order valence-electron chi connectivity index (χ4n) is 1.90. The van der Waals surface area contributed by atoms with Gasteiger partial charge in [-0.1, -0.05) is 0 Å². The van der Waals surface area contributed by atoms with Crippen molar-refractivity contribution in [3.8, 4) is 0 Å². The molecule has 1 amide bonds. The van der Waals surface area contributed by atoms with Crippen LogP contribution in [0.3, 0.4) is 0 Å². The fraction of sp³-hybridized carbons (Fsp3) is 0.900. The first-order valence-corrected chi connectivity index (χ1v) is 5.14. The Hall–Kier alpha value is -0.610. The van der Waals surface area contributed by atoms with Crippen molar-refractivity contribution in [1.29, 1.82) is 0 Å². The van der Waals surface area contributed by atoms with Gasteiger partial charge in [0.1, 0.15) is 0 Å². The van der Waals surface area contributed by atoms with E-state index in [1.165, 1.54) is 0 Å². The topological polar surface area (TPSA) is 52.6 Å². The van der Waals surface area contributed by atoms with E-state index in [4.69, 9.17) is 5.21 Å². The smallest absolute Gasteiger partial charge is 0.246 e. The SMILES string of the molecule is CC(C)(C)N1CCC(C(=O)NO)CC1. The second kappa shape index (κ2) is 4.28. The van der Waals surface area contributed by atoms with E-state index < -0.39 is 0 Å². The van der Waals surface area contributed by atoms with Crippen LogP contribution in [-0.4, -0.2) is 34.6 Å². The molecule has 14 heavy (non-hydrogen) atoms. The second-order valence-electron chi connectivity index (χ2n) is 4.91. The number of hydrogen-bond acceptors (Lipinski definition) is 3. The minimum atomic E-state index is -0.237. The molecule has 0 saturated carbocycles. The van der Waals surface area contributed by atoms with E-state index in [1.807, 2.05) is 0 Å². The Labute approximate surface area is 85.2 Å². The summed E-state index contributed by atoms with van der Waals surface area (Å²) in [6.45, 7) is 8.40. The second-order valence-corrected chi connectivity index (χ2v) is 4.91. The van der Waals surface area contributed by atoms with Crippen LogP contribution in [0, 0.1) is 5.92 Å². The lowest BCUT2D eigenvalue weighted by Gasteiger charge is -2.40. The summed E-state index contributed by atoms with van der Waals surface area (Å²) in [7, 11) is 0. The number of likely N-dealkylation sites (tertiary alicyclic amines) is 1. The summed E-state index contributed by atoms with van der Waals surface area (Å²) < 4.78 is 0. The summed E-state index contributed by atoms with van der Waals surface area (Å²) in [4.78, 5) is 13.5. The highest BCUT2D eigenvalue weighted by Crippen LogP contribution is 2.23. The molecule has 4 nitrogen and oxygen atoms in total. The number of hydrogen-bond donors (Lipinski definition) is 2. The minimum Gasteiger partial charge on any atom is -0.298 e. The Morgan fingerprint density at radius 2 is 1.86 bits per heavy atom. The van der Waals surface area contributed by atoms with E-state index in [9.17, 15) is 4.79 Å². The average molecular weight is 200 g/mol. The molecule has 0 radical (unpaired) electrons. The van der Waals surface area contributed by atoms with Crippen molar-refractivity contribution in [2.24, 2.45) is 5.92 Å². The summed E-state index contributed by atoms with van der Waals surface area (Å²) >= 11 is 0. The Morgan fingerprint density at radius 1 is 1.36 bits per heavy atom. The molecule has 0 bridgehead atoms. The van der Waals surface area contributed by atoms with Gasteiger partial charge in [-0.3, -0.25) is 14.9 Å². The van der Waals surface area contributed by atoms with Crippen LogP contribution in [0.25, 0.3) is 0 Å². The number of piperidine rings is 1. The third kappa shape index (κ3) is 2.69. The highest BCUT2D eigenvalue weighted by Gasteiger charge is 2.29. The lowest BCUT2D eigenvalue weighted by atomic mass is 9.92. The maximum Gasteiger partial charge on any atom is 0.246 e. The first-order valence-electron chi connectivity index (χ1n) is 5.14. The molecule has 1 rings (SSSR count). The van der Waals surface area contributed by atoms with Gasteiger partial charge in [0.2, 0.25) is 5.91 Å². The first-order chi connectivity index (χ1) is 6.45. The number of hydroxylamine groups is 1. The van der Waals surface area contributed by atoms with Gasteiger partial charge in [-0.15, -0.1) is 0 Å². The first kappa shape index (κ1) is 11.5. The molecule has 1 aliphatic heterocycles. The minimum absolute atomic E-state index is 0.0152. The summed E-state index contributed by atoms with van der Waals surface area (Å²) in [6, 6.07) is 0. The standard InChI is InChI=1S/C10H20N2O2/c1-10(2,3)12-6-4-8(5-7-12)9(13)11-14/h8,14H,4-7H2,1-3H3,(H,11,13). The zero-order valence-electron chi connectivity index (χ0n) is 9.21.